The van der Waals surface area contributed by atoms with E-state index in [1.807, 2.05) is 6.07 Å². The van der Waals surface area contributed by atoms with Gasteiger partial charge in [-0.15, -0.1) is 5.10 Å². The van der Waals surface area contributed by atoms with Crippen LogP contribution in [0.1, 0.15) is 67.1 Å². The van der Waals surface area contributed by atoms with Crippen LogP contribution in [-0.2, 0) is 34.9 Å². The number of hydrogen-bond acceptors (Lipinski definition) is 7. The average molecular weight is 430 g/mol. The first-order valence-corrected chi connectivity index (χ1v) is 12.7. The molecule has 0 amide bonds. The van der Waals surface area contributed by atoms with E-state index >= 15 is 0 Å². The molecule has 0 atom stereocenters. The lowest BCUT2D eigenvalue weighted by Gasteiger charge is -2.30. The van der Waals surface area contributed by atoms with Crippen molar-refractivity contribution in [2.45, 2.75) is 75.6 Å². The fourth-order valence-corrected chi connectivity index (χ4v) is 6.31. The Morgan fingerprint density at radius 1 is 0.933 bits per heavy atom. The summed E-state index contributed by atoms with van der Waals surface area (Å²) in [5, 5.41) is 16.6. The van der Waals surface area contributed by atoms with Crippen LogP contribution in [0.25, 0.3) is 0 Å². The Morgan fingerprint density at radius 3 is 2.57 bits per heavy atom. The molecule has 1 N–H and O–H groups in total. The molecule has 5 rings (SSSR count). The highest BCUT2D eigenvalue weighted by Gasteiger charge is 2.27. The maximum atomic E-state index is 12.6. The molecule has 30 heavy (non-hydrogen) atoms. The van der Waals surface area contributed by atoms with Gasteiger partial charge in [0.15, 0.2) is 9.84 Å². The Morgan fingerprint density at radius 2 is 1.73 bits per heavy atom. The van der Waals surface area contributed by atoms with Crippen molar-refractivity contribution in [3.8, 4) is 0 Å². The fraction of sp³-hybridized carbons (Fsp3) is 0.619. The van der Waals surface area contributed by atoms with Gasteiger partial charge in [0.25, 0.3) is 5.56 Å². The van der Waals surface area contributed by atoms with Gasteiger partial charge in [-0.2, -0.15) is 10.2 Å². The van der Waals surface area contributed by atoms with Crippen LogP contribution in [0.5, 0.6) is 0 Å². The molecule has 1 saturated carbocycles. The quantitative estimate of drug-likeness (QED) is 0.795. The van der Waals surface area contributed by atoms with E-state index in [-0.39, 0.29) is 29.1 Å². The zero-order chi connectivity index (χ0) is 20.7. The number of sulfone groups is 1. The zero-order valence-corrected chi connectivity index (χ0v) is 17.8. The smallest absolute Gasteiger partial charge is 0.267 e. The summed E-state index contributed by atoms with van der Waals surface area (Å²) in [6, 6.07) is 4.01. The second-order valence-corrected chi connectivity index (χ2v) is 11.0. The normalized spacial score (nSPS) is 25.2. The molecule has 0 spiro atoms. The van der Waals surface area contributed by atoms with Crippen LogP contribution in [0.15, 0.2) is 16.9 Å². The molecule has 2 aromatic rings. The Balaban J connectivity index is 1.24. The molecule has 8 nitrogen and oxygen atoms in total. The van der Waals surface area contributed by atoms with Crippen LogP contribution in [0.3, 0.4) is 0 Å². The molecule has 2 aliphatic carbocycles. The Kier molecular flexibility index (Phi) is 5.08. The van der Waals surface area contributed by atoms with Gasteiger partial charge in [-0.25, -0.2) is 13.1 Å². The van der Waals surface area contributed by atoms with Crippen LogP contribution in [0.2, 0.25) is 0 Å². The Labute approximate surface area is 176 Å². The molecule has 2 aromatic heterocycles. The third-order valence-electron chi connectivity index (χ3n) is 6.61. The highest BCUT2D eigenvalue weighted by Crippen LogP contribution is 2.30. The van der Waals surface area contributed by atoms with Gasteiger partial charge >= 0.3 is 0 Å². The topological polar surface area (TPSA) is 107 Å². The average Bonchev–Trinajstić information content (AvgIpc) is 2.73. The first kappa shape index (κ1) is 19.7. The van der Waals surface area contributed by atoms with E-state index in [4.69, 9.17) is 5.10 Å². The third kappa shape index (κ3) is 3.99. The number of fused-ring (bicyclic) bond motifs is 2. The van der Waals surface area contributed by atoms with Gasteiger partial charge in [0.1, 0.15) is 5.82 Å². The summed E-state index contributed by atoms with van der Waals surface area (Å²) in [5.41, 5.74) is 3.80. The van der Waals surface area contributed by atoms with Gasteiger partial charge in [-0.3, -0.25) is 4.79 Å². The van der Waals surface area contributed by atoms with E-state index < -0.39 is 9.84 Å². The van der Waals surface area contributed by atoms with E-state index in [0.717, 1.165) is 73.9 Å². The van der Waals surface area contributed by atoms with Gasteiger partial charge in [0.05, 0.1) is 28.9 Å². The molecule has 0 radical (unpaired) electrons. The second-order valence-electron chi connectivity index (χ2n) is 8.80. The number of hydrogen-bond donors (Lipinski definition) is 1. The summed E-state index contributed by atoms with van der Waals surface area (Å²) in [5.74, 6) is 0.840. The molecule has 0 aromatic carbocycles. The van der Waals surface area contributed by atoms with Crippen molar-refractivity contribution >= 4 is 15.7 Å². The summed E-state index contributed by atoms with van der Waals surface area (Å²) in [4.78, 5) is 12.6. The van der Waals surface area contributed by atoms with Gasteiger partial charge in [0, 0.05) is 18.5 Å². The largest absolute Gasteiger partial charge is 0.366 e. The molecule has 0 saturated heterocycles. The van der Waals surface area contributed by atoms with Gasteiger partial charge in [0.2, 0.25) is 0 Å². The minimum absolute atomic E-state index is 0.0221. The maximum absolute atomic E-state index is 12.6. The minimum atomic E-state index is -3.03. The summed E-state index contributed by atoms with van der Waals surface area (Å²) in [7, 11) is -3.03. The summed E-state index contributed by atoms with van der Waals surface area (Å²) in [6.45, 7) is 0. The Bertz CT molecular complexity index is 1120. The van der Waals surface area contributed by atoms with E-state index in [0.29, 0.717) is 12.2 Å². The van der Waals surface area contributed by atoms with Crippen molar-refractivity contribution in [2.75, 3.05) is 11.1 Å². The number of anilines is 1. The van der Waals surface area contributed by atoms with Crippen LogP contribution >= 0.6 is 0 Å². The van der Waals surface area contributed by atoms with Crippen molar-refractivity contribution in [2.24, 2.45) is 0 Å². The van der Waals surface area contributed by atoms with Crippen molar-refractivity contribution in [3.63, 3.8) is 0 Å². The van der Waals surface area contributed by atoms with Crippen LogP contribution in [0.4, 0.5) is 5.82 Å². The monoisotopic (exact) mass is 429 g/mol. The SMILES string of the molecule is O=c1cc2c(nn1C1CCC(Nc3cc4c(nn3)CCS(=O)(=O)C4)CC1)CCCC2. The molecule has 0 unspecified atom stereocenters. The van der Waals surface area contributed by atoms with E-state index in [9.17, 15) is 13.2 Å². The highest BCUT2D eigenvalue weighted by atomic mass is 32.2. The van der Waals surface area contributed by atoms with E-state index in [1.165, 1.54) is 0 Å². The number of aromatic nitrogens is 4. The highest BCUT2D eigenvalue weighted by molar-refractivity contribution is 7.90. The maximum Gasteiger partial charge on any atom is 0.267 e. The minimum Gasteiger partial charge on any atom is -0.366 e. The molecular weight excluding hydrogens is 402 g/mol. The third-order valence-corrected chi connectivity index (χ3v) is 8.19. The predicted octanol–water partition coefficient (Wildman–Crippen LogP) is 1.98. The number of rotatable bonds is 3. The fourth-order valence-electron chi connectivity index (χ4n) is 4.94. The lowest BCUT2D eigenvalue weighted by Crippen LogP contribution is -2.34. The van der Waals surface area contributed by atoms with Crippen molar-refractivity contribution in [1.29, 1.82) is 0 Å². The molecule has 160 valence electrons. The first-order valence-electron chi connectivity index (χ1n) is 10.9. The first-order chi connectivity index (χ1) is 14.5. The van der Waals surface area contributed by atoms with Crippen molar-refractivity contribution in [1.82, 2.24) is 20.0 Å². The van der Waals surface area contributed by atoms with Crippen molar-refractivity contribution in [3.05, 3.63) is 45.0 Å². The molecule has 1 fully saturated rings. The summed E-state index contributed by atoms with van der Waals surface area (Å²) < 4.78 is 25.5. The standard InChI is InChI=1S/C21H27N5O3S/c27-21-12-14-3-1-2-4-19(14)25-26(21)17-7-5-16(6-8-17)22-20-11-15-13-30(28,29)10-9-18(15)23-24-20/h11-12,16-17H,1-10,13H2,(H,22,24). The molecule has 0 bridgehead atoms. The van der Waals surface area contributed by atoms with Crippen LogP contribution in [-0.4, -0.2) is 40.2 Å². The number of nitrogens with zero attached hydrogens (tertiary/aromatic N) is 4. The summed E-state index contributed by atoms with van der Waals surface area (Å²) >= 11 is 0. The molecular formula is C21H27N5O3S. The van der Waals surface area contributed by atoms with E-state index in [2.05, 4.69) is 15.5 Å². The van der Waals surface area contributed by atoms with Gasteiger partial charge in [-0.05, 0) is 68.6 Å². The zero-order valence-electron chi connectivity index (χ0n) is 17.0. The molecule has 3 aliphatic rings. The Hall–Kier alpha value is -2.29. The van der Waals surface area contributed by atoms with Gasteiger partial charge in [-0.1, -0.05) is 0 Å². The van der Waals surface area contributed by atoms with Gasteiger partial charge < -0.3 is 5.32 Å². The molecule has 3 heterocycles. The lowest BCUT2D eigenvalue weighted by atomic mass is 9.91. The summed E-state index contributed by atoms with van der Waals surface area (Å²) in [6.07, 6.45) is 8.27. The van der Waals surface area contributed by atoms with Crippen LogP contribution < -0.4 is 10.9 Å². The number of aryl methyl sites for hydroxylation is 3. The second kappa shape index (κ2) is 7.76. The molecule has 9 heteroatoms. The van der Waals surface area contributed by atoms with Crippen LogP contribution in [0, 0.1) is 0 Å². The molecule has 1 aliphatic heterocycles. The lowest BCUT2D eigenvalue weighted by molar-refractivity contribution is 0.300. The predicted molar refractivity (Wildman–Crippen MR) is 113 cm³/mol. The van der Waals surface area contributed by atoms with E-state index in [1.54, 1.807) is 10.7 Å². The number of nitrogens with one attached hydrogen (secondary N) is 1. The van der Waals surface area contributed by atoms with Crippen molar-refractivity contribution < 1.29 is 8.42 Å².